The summed E-state index contributed by atoms with van der Waals surface area (Å²) < 4.78 is 0.711. The van der Waals surface area contributed by atoms with Crippen molar-refractivity contribution in [3.8, 4) is 0 Å². The Balaban J connectivity index is 0.000000379. The van der Waals surface area contributed by atoms with Crippen molar-refractivity contribution >= 4 is 29.3 Å². The van der Waals surface area contributed by atoms with Crippen LogP contribution in [0.3, 0.4) is 0 Å². The van der Waals surface area contributed by atoms with Crippen LogP contribution in [0, 0.1) is 0 Å². The number of fused-ring (bicyclic) bond motifs is 1. The molecule has 2 rings (SSSR count). The van der Waals surface area contributed by atoms with Crippen LogP contribution in [0.25, 0.3) is 6.08 Å². The Morgan fingerprint density at radius 1 is 1.07 bits per heavy atom. The fraction of sp³-hybridized carbons (Fsp3) is 0.273. The Hall–Kier alpha value is 0.423. The summed E-state index contributed by atoms with van der Waals surface area (Å²) in [4.78, 5) is 0. The Labute approximate surface area is 111 Å². The second-order valence-electron chi connectivity index (χ2n) is 2.47. The van der Waals surface area contributed by atoms with E-state index in [4.69, 9.17) is 0 Å². The van der Waals surface area contributed by atoms with Crippen molar-refractivity contribution in [2.75, 3.05) is 12.8 Å². The summed E-state index contributed by atoms with van der Waals surface area (Å²) in [5.41, 5.74) is 2.91. The van der Waals surface area contributed by atoms with Gasteiger partial charge in [0.25, 0.3) is 0 Å². The van der Waals surface area contributed by atoms with Crippen LogP contribution in [-0.2, 0) is 24.7 Å². The van der Waals surface area contributed by atoms with Crippen LogP contribution in [0.15, 0.2) is 30.3 Å². The van der Waals surface area contributed by atoms with Gasteiger partial charge in [-0.3, -0.25) is 0 Å². The first-order valence-electron chi connectivity index (χ1n) is 4.12. The van der Waals surface area contributed by atoms with E-state index in [1.54, 1.807) is 24.7 Å². The second kappa shape index (κ2) is 8.71. The van der Waals surface area contributed by atoms with Crippen LogP contribution in [0.4, 0.5) is 0 Å². The molecule has 14 heavy (non-hydrogen) atoms. The molecule has 0 spiro atoms. The SMILES string of the molecule is CCl.CCl.[Zr][CH]1C=Cc2ccccc21. The molecule has 75 valence electrons. The fourth-order valence-corrected chi connectivity index (χ4v) is 2.13. The number of benzene rings is 1. The van der Waals surface area contributed by atoms with Crippen molar-refractivity contribution in [1.29, 1.82) is 0 Å². The van der Waals surface area contributed by atoms with Crippen LogP contribution in [0.1, 0.15) is 14.8 Å². The van der Waals surface area contributed by atoms with Gasteiger partial charge in [-0.05, 0) is 0 Å². The van der Waals surface area contributed by atoms with Gasteiger partial charge >= 0.3 is 75.9 Å². The Bertz CT molecular complexity index is 284. The van der Waals surface area contributed by atoms with Crippen LogP contribution in [-0.4, -0.2) is 12.8 Å². The first-order valence-corrected chi connectivity index (χ1v) is 7.05. The molecule has 0 aromatic heterocycles. The average molecular weight is 307 g/mol. The molecular formula is C11H13Cl2Zr. The number of hydrogen-bond acceptors (Lipinski definition) is 0. The molecular weight excluding hydrogens is 294 g/mol. The third kappa shape index (κ3) is 3.89. The van der Waals surface area contributed by atoms with Crippen molar-refractivity contribution in [1.82, 2.24) is 0 Å². The van der Waals surface area contributed by atoms with E-state index in [1.165, 1.54) is 23.9 Å². The number of alkyl halides is 2. The molecule has 1 atom stereocenters. The van der Waals surface area contributed by atoms with Gasteiger partial charge < -0.3 is 0 Å². The Kier molecular flexibility index (Phi) is 8.97. The molecule has 1 aliphatic rings. The average Bonchev–Trinajstić information content (AvgIpc) is 2.67. The van der Waals surface area contributed by atoms with Crippen molar-refractivity contribution < 1.29 is 24.7 Å². The maximum absolute atomic E-state index is 4.64. The molecule has 1 unspecified atom stereocenters. The normalized spacial score (nSPS) is 15.8. The summed E-state index contributed by atoms with van der Waals surface area (Å²) >= 11 is 10.9. The molecule has 0 nitrogen and oxygen atoms in total. The van der Waals surface area contributed by atoms with E-state index >= 15 is 0 Å². The zero-order valence-corrected chi connectivity index (χ0v) is 12.3. The second-order valence-corrected chi connectivity index (χ2v) is 3.99. The molecule has 3 heteroatoms. The molecule has 0 N–H and O–H groups in total. The minimum atomic E-state index is 0.711. The molecule has 1 aliphatic carbocycles. The predicted molar refractivity (Wildman–Crippen MR) is 61.8 cm³/mol. The van der Waals surface area contributed by atoms with Gasteiger partial charge in [0.2, 0.25) is 0 Å². The summed E-state index contributed by atoms with van der Waals surface area (Å²) in [6.45, 7) is 0. The predicted octanol–water partition coefficient (Wildman–Crippen LogP) is 4.01. The molecule has 1 aromatic carbocycles. The van der Waals surface area contributed by atoms with E-state index in [1.807, 2.05) is 0 Å². The van der Waals surface area contributed by atoms with Gasteiger partial charge in [0.05, 0.1) is 0 Å². The molecule has 0 heterocycles. The van der Waals surface area contributed by atoms with Gasteiger partial charge in [0.15, 0.2) is 0 Å². The summed E-state index contributed by atoms with van der Waals surface area (Å²) in [6, 6.07) is 8.60. The molecule has 0 saturated carbocycles. The quantitative estimate of drug-likeness (QED) is 0.635. The molecule has 0 radical (unpaired) electrons. The summed E-state index contributed by atoms with van der Waals surface area (Å²) in [5.74, 6) is 0. The maximum atomic E-state index is 4.64. The standard InChI is InChI=1S/C9H7.2CH3Cl.Zr/c1-2-5-9-7-3-6-8(9)4-1;2*1-2;/h1-7H;2*1H3;. The van der Waals surface area contributed by atoms with Gasteiger partial charge in [-0.1, -0.05) is 0 Å². The number of allylic oxidation sites excluding steroid dienone is 1. The first kappa shape index (κ1) is 14.4. The van der Waals surface area contributed by atoms with Gasteiger partial charge in [-0.25, -0.2) is 0 Å². The topological polar surface area (TPSA) is 0 Å². The summed E-state index contributed by atoms with van der Waals surface area (Å²) in [6.07, 6.45) is 7.44. The fourth-order valence-electron chi connectivity index (χ4n) is 1.25. The number of hydrogen-bond donors (Lipinski definition) is 0. The molecule has 0 saturated heterocycles. The van der Waals surface area contributed by atoms with Crippen LogP contribution >= 0.6 is 23.2 Å². The Morgan fingerprint density at radius 3 is 2.21 bits per heavy atom. The van der Waals surface area contributed by atoms with Crippen LogP contribution in [0.2, 0.25) is 0 Å². The van der Waals surface area contributed by atoms with Crippen molar-refractivity contribution in [2.24, 2.45) is 0 Å². The zero-order valence-electron chi connectivity index (χ0n) is 8.30. The van der Waals surface area contributed by atoms with E-state index in [0.29, 0.717) is 3.63 Å². The molecule has 0 bridgehead atoms. The number of rotatable bonds is 0. The van der Waals surface area contributed by atoms with E-state index in [2.05, 4.69) is 59.6 Å². The Morgan fingerprint density at radius 2 is 1.64 bits per heavy atom. The zero-order chi connectivity index (χ0) is 11.0. The first-order chi connectivity index (χ1) is 6.88. The third-order valence-corrected chi connectivity index (χ3v) is 3.04. The number of halogens is 2. The van der Waals surface area contributed by atoms with Crippen molar-refractivity contribution in [3.63, 3.8) is 0 Å². The van der Waals surface area contributed by atoms with Gasteiger partial charge in [-0.15, -0.1) is 23.2 Å². The van der Waals surface area contributed by atoms with E-state index in [9.17, 15) is 0 Å². The molecule has 1 aromatic rings. The van der Waals surface area contributed by atoms with E-state index < -0.39 is 0 Å². The third-order valence-electron chi connectivity index (χ3n) is 1.80. The summed E-state index contributed by atoms with van der Waals surface area (Å²) in [5, 5.41) is 0. The van der Waals surface area contributed by atoms with Gasteiger partial charge in [-0.2, -0.15) is 0 Å². The molecule has 0 fully saturated rings. The minimum absolute atomic E-state index is 0.711. The summed E-state index contributed by atoms with van der Waals surface area (Å²) in [7, 11) is 0. The van der Waals surface area contributed by atoms with Crippen LogP contribution < -0.4 is 0 Å². The van der Waals surface area contributed by atoms with Gasteiger partial charge in [0, 0.05) is 12.8 Å². The molecule has 0 aliphatic heterocycles. The van der Waals surface area contributed by atoms with Gasteiger partial charge in [0.1, 0.15) is 0 Å². The monoisotopic (exact) mass is 305 g/mol. The van der Waals surface area contributed by atoms with E-state index in [-0.39, 0.29) is 0 Å². The molecule has 0 amide bonds. The van der Waals surface area contributed by atoms with E-state index in [0.717, 1.165) is 0 Å². The van der Waals surface area contributed by atoms with Crippen molar-refractivity contribution in [2.45, 2.75) is 3.63 Å². The van der Waals surface area contributed by atoms with Crippen LogP contribution in [0.5, 0.6) is 0 Å². The van der Waals surface area contributed by atoms with Crippen molar-refractivity contribution in [3.05, 3.63) is 41.5 Å².